The smallest absolute Gasteiger partial charge is 0.252 e. The van der Waals surface area contributed by atoms with Gasteiger partial charge in [0.15, 0.2) is 0 Å². The topological polar surface area (TPSA) is 52.7 Å². The summed E-state index contributed by atoms with van der Waals surface area (Å²) >= 11 is 7.66. The summed E-state index contributed by atoms with van der Waals surface area (Å²) < 4.78 is 20.4. The first-order valence-electron chi connectivity index (χ1n) is 10.3. The van der Waals surface area contributed by atoms with Crippen LogP contribution in [0.15, 0.2) is 72.0 Å². The molecule has 0 bridgehead atoms. The number of imidazole rings is 1. The van der Waals surface area contributed by atoms with Crippen molar-refractivity contribution in [3.05, 3.63) is 104 Å². The number of aryl methyl sites for hydroxylation is 3. The van der Waals surface area contributed by atoms with Gasteiger partial charge in [-0.1, -0.05) is 23.7 Å². The van der Waals surface area contributed by atoms with E-state index in [1.54, 1.807) is 72.7 Å². The van der Waals surface area contributed by atoms with Gasteiger partial charge in [0.25, 0.3) is 5.56 Å². The van der Waals surface area contributed by atoms with E-state index < -0.39 is 5.67 Å². The molecule has 0 aliphatic carbocycles. The second-order valence-electron chi connectivity index (χ2n) is 8.02. The molecule has 33 heavy (non-hydrogen) atoms. The number of rotatable bonds is 4. The molecular formula is C25H20ClFN4OS. The average molecular weight is 479 g/mol. The van der Waals surface area contributed by atoms with Crippen molar-refractivity contribution in [3.8, 4) is 10.4 Å². The van der Waals surface area contributed by atoms with Crippen molar-refractivity contribution in [2.75, 3.05) is 0 Å². The van der Waals surface area contributed by atoms with Crippen molar-refractivity contribution in [1.82, 2.24) is 19.1 Å². The largest absolute Gasteiger partial charge is 0.334 e. The summed E-state index contributed by atoms with van der Waals surface area (Å²) in [6.45, 7) is 2.01. The summed E-state index contributed by atoms with van der Waals surface area (Å²) in [6, 6.07) is 14.0. The first-order chi connectivity index (χ1) is 15.8. The van der Waals surface area contributed by atoms with E-state index in [9.17, 15) is 4.79 Å². The summed E-state index contributed by atoms with van der Waals surface area (Å²) in [4.78, 5) is 23.4. The van der Waals surface area contributed by atoms with Crippen LogP contribution in [0.25, 0.3) is 21.5 Å². The maximum atomic E-state index is 17.3. The number of alkyl halides is 1. The van der Waals surface area contributed by atoms with E-state index in [1.807, 2.05) is 19.1 Å². The van der Waals surface area contributed by atoms with E-state index in [4.69, 9.17) is 11.6 Å². The number of aromatic nitrogens is 4. The molecule has 1 unspecified atom stereocenters. The van der Waals surface area contributed by atoms with Crippen molar-refractivity contribution in [2.45, 2.75) is 12.6 Å². The highest BCUT2D eigenvalue weighted by molar-refractivity contribution is 7.15. The molecule has 1 aromatic carbocycles. The highest BCUT2D eigenvalue weighted by atomic mass is 35.5. The van der Waals surface area contributed by atoms with Gasteiger partial charge >= 0.3 is 0 Å². The fourth-order valence-electron chi connectivity index (χ4n) is 4.13. The summed E-state index contributed by atoms with van der Waals surface area (Å²) in [5.74, 6) is 0. The fraction of sp³-hybridized carbons (Fsp3) is 0.160. The predicted octanol–water partition coefficient (Wildman–Crippen LogP) is 5.62. The Balaban J connectivity index is 1.83. The molecule has 0 spiro atoms. The van der Waals surface area contributed by atoms with Gasteiger partial charge in [0, 0.05) is 57.6 Å². The monoisotopic (exact) mass is 478 g/mol. The van der Waals surface area contributed by atoms with Gasteiger partial charge in [-0.25, -0.2) is 14.4 Å². The Hall–Kier alpha value is -3.29. The predicted molar refractivity (Wildman–Crippen MR) is 131 cm³/mol. The Labute approximate surface area is 198 Å². The first kappa shape index (κ1) is 21.6. The standard InChI is InChI=1S/C25H20ClFN4OS/c1-15-4-9-21(33-15)19-11-23(32)31(3)24-20(19)10-17(12-29-24)25(27,22-13-28-14-30(22)2)16-5-7-18(26)8-6-16/h4-14H,1-3H3. The normalized spacial score (nSPS) is 13.4. The summed E-state index contributed by atoms with van der Waals surface area (Å²) in [6.07, 6.45) is 4.58. The molecule has 0 aliphatic heterocycles. The molecule has 0 amide bonds. The fourth-order valence-corrected chi connectivity index (χ4v) is 5.15. The maximum Gasteiger partial charge on any atom is 0.252 e. The van der Waals surface area contributed by atoms with Crippen molar-refractivity contribution in [1.29, 1.82) is 0 Å². The first-order valence-corrected chi connectivity index (χ1v) is 11.5. The van der Waals surface area contributed by atoms with Gasteiger partial charge in [-0.2, -0.15) is 0 Å². The van der Waals surface area contributed by atoms with E-state index in [0.717, 1.165) is 15.3 Å². The number of thiophene rings is 1. The molecule has 5 rings (SSSR count). The minimum Gasteiger partial charge on any atom is -0.334 e. The van der Waals surface area contributed by atoms with E-state index >= 15 is 4.39 Å². The van der Waals surface area contributed by atoms with Crippen LogP contribution >= 0.6 is 22.9 Å². The summed E-state index contributed by atoms with van der Waals surface area (Å²) in [5.41, 5.74) is 0.154. The maximum absolute atomic E-state index is 17.3. The lowest BCUT2D eigenvalue weighted by molar-refractivity contribution is 0.266. The minimum absolute atomic E-state index is 0.167. The Morgan fingerprint density at radius 1 is 1.03 bits per heavy atom. The number of nitrogens with zero attached hydrogens (tertiary/aromatic N) is 4. The van der Waals surface area contributed by atoms with Gasteiger partial charge in [0.1, 0.15) is 5.65 Å². The minimum atomic E-state index is -2.03. The molecular weight excluding hydrogens is 459 g/mol. The van der Waals surface area contributed by atoms with Crippen LogP contribution in [-0.2, 0) is 19.8 Å². The molecule has 0 radical (unpaired) electrons. The number of hydrogen-bond donors (Lipinski definition) is 0. The van der Waals surface area contributed by atoms with E-state index in [2.05, 4.69) is 9.97 Å². The molecule has 0 N–H and O–H groups in total. The quantitative estimate of drug-likeness (QED) is 0.337. The van der Waals surface area contributed by atoms with Crippen LogP contribution in [0.3, 0.4) is 0 Å². The number of pyridine rings is 2. The van der Waals surface area contributed by atoms with Crippen molar-refractivity contribution in [2.24, 2.45) is 14.1 Å². The lowest BCUT2D eigenvalue weighted by Gasteiger charge is -2.27. The summed E-state index contributed by atoms with van der Waals surface area (Å²) in [7, 11) is 3.43. The van der Waals surface area contributed by atoms with Gasteiger partial charge in [-0.15, -0.1) is 11.3 Å². The van der Waals surface area contributed by atoms with E-state index in [0.29, 0.717) is 32.9 Å². The van der Waals surface area contributed by atoms with Crippen molar-refractivity contribution in [3.63, 3.8) is 0 Å². The lowest BCUT2D eigenvalue weighted by Crippen LogP contribution is -2.27. The Morgan fingerprint density at radius 2 is 1.79 bits per heavy atom. The van der Waals surface area contributed by atoms with Gasteiger partial charge in [0.2, 0.25) is 5.67 Å². The molecule has 0 fully saturated rings. The van der Waals surface area contributed by atoms with Crippen LogP contribution in [0.5, 0.6) is 0 Å². The molecule has 166 valence electrons. The Morgan fingerprint density at radius 3 is 2.42 bits per heavy atom. The van der Waals surface area contributed by atoms with Crippen molar-refractivity contribution >= 4 is 34.0 Å². The number of halogens is 2. The second-order valence-corrected chi connectivity index (χ2v) is 9.74. The molecule has 0 saturated carbocycles. The highest BCUT2D eigenvalue weighted by Gasteiger charge is 2.40. The lowest BCUT2D eigenvalue weighted by atomic mass is 9.85. The van der Waals surface area contributed by atoms with Crippen LogP contribution in [0.2, 0.25) is 5.02 Å². The van der Waals surface area contributed by atoms with Crippen LogP contribution in [0.4, 0.5) is 4.39 Å². The van der Waals surface area contributed by atoms with Crippen LogP contribution in [0.1, 0.15) is 21.7 Å². The third kappa shape index (κ3) is 3.48. The summed E-state index contributed by atoms with van der Waals surface area (Å²) in [5, 5.41) is 1.22. The number of benzene rings is 1. The molecule has 5 nitrogen and oxygen atoms in total. The number of hydrogen-bond acceptors (Lipinski definition) is 4. The molecule has 4 aromatic heterocycles. The molecule has 1 atom stereocenters. The molecule has 4 heterocycles. The zero-order valence-electron chi connectivity index (χ0n) is 18.2. The average Bonchev–Trinajstić information content (AvgIpc) is 3.44. The number of fused-ring (bicyclic) bond motifs is 1. The molecule has 8 heteroatoms. The van der Waals surface area contributed by atoms with E-state index in [-0.39, 0.29) is 5.56 Å². The molecule has 0 saturated heterocycles. The van der Waals surface area contributed by atoms with Crippen LogP contribution in [-0.4, -0.2) is 19.1 Å². The Kier molecular flexibility index (Phi) is 5.18. The SMILES string of the molecule is Cc1ccc(-c2cc(=O)n(C)c3ncc(C(F)(c4ccc(Cl)cc4)c4cncn4C)cc23)s1. The Bertz CT molecular complexity index is 1550. The zero-order chi connectivity index (χ0) is 23.3. The second kappa shape index (κ2) is 7.93. The van der Waals surface area contributed by atoms with Crippen LogP contribution in [0, 0.1) is 6.92 Å². The third-order valence-electron chi connectivity index (χ3n) is 5.89. The van der Waals surface area contributed by atoms with Gasteiger partial charge in [-0.05, 0) is 42.8 Å². The molecule has 5 aromatic rings. The highest BCUT2D eigenvalue weighted by Crippen LogP contribution is 2.42. The van der Waals surface area contributed by atoms with Crippen LogP contribution < -0.4 is 5.56 Å². The zero-order valence-corrected chi connectivity index (χ0v) is 19.8. The van der Waals surface area contributed by atoms with Gasteiger partial charge in [0.05, 0.1) is 18.2 Å². The van der Waals surface area contributed by atoms with Gasteiger partial charge < -0.3 is 4.57 Å². The third-order valence-corrected chi connectivity index (χ3v) is 7.17. The molecule has 0 aliphatic rings. The van der Waals surface area contributed by atoms with E-state index in [1.165, 1.54) is 17.0 Å². The van der Waals surface area contributed by atoms with Gasteiger partial charge in [-0.3, -0.25) is 9.36 Å². The van der Waals surface area contributed by atoms with Crippen molar-refractivity contribution < 1.29 is 4.39 Å².